The Kier molecular flexibility index (Phi) is 4.97. The number of amides is 1. The number of nitrogens with zero attached hydrogens (tertiary/aromatic N) is 1. The normalized spacial score (nSPS) is 10.6. The monoisotopic (exact) mass is 372 g/mol. The molecule has 1 amide bonds. The highest BCUT2D eigenvalue weighted by molar-refractivity contribution is 5.97. The van der Waals surface area contributed by atoms with Gasteiger partial charge in [-0.05, 0) is 66.2 Å². The molecule has 0 fully saturated rings. The second-order valence-electron chi connectivity index (χ2n) is 6.30. The van der Waals surface area contributed by atoms with Crippen LogP contribution in [-0.4, -0.2) is 10.9 Å². The standard InChI is InChI=1S/C23H17FN2O2/c24-19-7-9-20(10-8-19)28-21-5-1-3-16(13-21)15-26-23(27)18-6-11-22-17(14-18)4-2-12-25-22/h1-14H,15H2,(H,26,27). The lowest BCUT2D eigenvalue weighted by Gasteiger charge is -2.09. The number of halogens is 1. The van der Waals surface area contributed by atoms with Gasteiger partial charge in [0.15, 0.2) is 0 Å². The molecular weight excluding hydrogens is 355 g/mol. The fourth-order valence-electron chi connectivity index (χ4n) is 2.86. The van der Waals surface area contributed by atoms with Crippen LogP contribution in [0.2, 0.25) is 0 Å². The SMILES string of the molecule is O=C(NCc1cccc(Oc2ccc(F)cc2)c1)c1ccc2ncccc2c1. The quantitative estimate of drug-likeness (QED) is 0.530. The first-order valence-corrected chi connectivity index (χ1v) is 8.83. The summed E-state index contributed by atoms with van der Waals surface area (Å²) < 4.78 is 18.7. The zero-order valence-electron chi connectivity index (χ0n) is 14.9. The molecular formula is C23H17FN2O2. The zero-order chi connectivity index (χ0) is 19.3. The van der Waals surface area contributed by atoms with Crippen molar-refractivity contribution in [2.75, 3.05) is 0 Å². The van der Waals surface area contributed by atoms with Crippen LogP contribution in [-0.2, 0) is 6.54 Å². The summed E-state index contributed by atoms with van der Waals surface area (Å²) in [6.45, 7) is 0.366. The molecule has 28 heavy (non-hydrogen) atoms. The molecule has 3 aromatic carbocycles. The summed E-state index contributed by atoms with van der Waals surface area (Å²) in [5.41, 5.74) is 2.33. The molecule has 0 radical (unpaired) electrons. The molecule has 0 saturated carbocycles. The van der Waals surface area contributed by atoms with Gasteiger partial charge >= 0.3 is 0 Å². The van der Waals surface area contributed by atoms with Gasteiger partial charge in [-0.2, -0.15) is 0 Å². The summed E-state index contributed by atoms with van der Waals surface area (Å²) in [6.07, 6.45) is 1.73. The minimum atomic E-state index is -0.312. The first-order chi connectivity index (χ1) is 13.7. The van der Waals surface area contributed by atoms with Crippen molar-refractivity contribution in [1.29, 1.82) is 0 Å². The number of hydrogen-bond donors (Lipinski definition) is 1. The summed E-state index contributed by atoms with van der Waals surface area (Å²) >= 11 is 0. The van der Waals surface area contributed by atoms with E-state index in [4.69, 9.17) is 4.74 Å². The topological polar surface area (TPSA) is 51.2 Å². The lowest BCUT2D eigenvalue weighted by molar-refractivity contribution is 0.0951. The van der Waals surface area contributed by atoms with E-state index in [0.717, 1.165) is 16.5 Å². The van der Waals surface area contributed by atoms with Crippen LogP contribution >= 0.6 is 0 Å². The Balaban J connectivity index is 1.42. The summed E-state index contributed by atoms with van der Waals surface area (Å²) in [5.74, 6) is 0.700. The second kappa shape index (κ2) is 7.88. The smallest absolute Gasteiger partial charge is 0.251 e. The lowest BCUT2D eigenvalue weighted by Crippen LogP contribution is -2.22. The van der Waals surface area contributed by atoms with E-state index in [9.17, 15) is 9.18 Å². The molecule has 4 rings (SSSR count). The molecule has 0 atom stereocenters. The van der Waals surface area contributed by atoms with Crippen LogP contribution in [0.25, 0.3) is 10.9 Å². The number of rotatable bonds is 5. The van der Waals surface area contributed by atoms with Gasteiger partial charge in [0, 0.05) is 23.7 Å². The Morgan fingerprint density at radius 2 is 1.79 bits per heavy atom. The number of carbonyl (C=O) groups is 1. The van der Waals surface area contributed by atoms with Gasteiger partial charge in [0.05, 0.1) is 5.52 Å². The van der Waals surface area contributed by atoms with Crippen molar-refractivity contribution in [2.24, 2.45) is 0 Å². The number of hydrogen-bond acceptors (Lipinski definition) is 3. The van der Waals surface area contributed by atoms with E-state index in [1.54, 1.807) is 24.4 Å². The van der Waals surface area contributed by atoms with Crippen LogP contribution in [0.3, 0.4) is 0 Å². The summed E-state index contributed by atoms with van der Waals surface area (Å²) in [7, 11) is 0. The Bertz CT molecular complexity index is 1130. The third-order valence-corrected chi connectivity index (χ3v) is 4.27. The third kappa shape index (κ3) is 4.15. The molecule has 0 aliphatic heterocycles. The predicted molar refractivity (Wildman–Crippen MR) is 106 cm³/mol. The predicted octanol–water partition coefficient (Wildman–Crippen LogP) is 5.10. The van der Waals surface area contributed by atoms with Gasteiger partial charge in [0.2, 0.25) is 0 Å². The van der Waals surface area contributed by atoms with Crippen LogP contribution < -0.4 is 10.1 Å². The Morgan fingerprint density at radius 1 is 0.929 bits per heavy atom. The second-order valence-corrected chi connectivity index (χ2v) is 6.30. The number of benzene rings is 3. The van der Waals surface area contributed by atoms with E-state index in [-0.39, 0.29) is 11.7 Å². The Labute approximate surface area is 161 Å². The molecule has 0 aliphatic carbocycles. The number of nitrogens with one attached hydrogen (secondary N) is 1. The summed E-state index contributed by atoms with van der Waals surface area (Å²) in [4.78, 5) is 16.7. The average molecular weight is 372 g/mol. The highest BCUT2D eigenvalue weighted by atomic mass is 19.1. The van der Waals surface area contributed by atoms with Crippen LogP contribution in [0.1, 0.15) is 15.9 Å². The lowest BCUT2D eigenvalue weighted by atomic mass is 10.1. The molecule has 0 aliphatic rings. The molecule has 0 spiro atoms. The molecule has 1 aromatic heterocycles. The van der Waals surface area contributed by atoms with E-state index >= 15 is 0 Å². The molecule has 0 unspecified atom stereocenters. The average Bonchev–Trinajstić information content (AvgIpc) is 2.73. The van der Waals surface area contributed by atoms with Gasteiger partial charge in [-0.15, -0.1) is 0 Å². The number of aromatic nitrogens is 1. The molecule has 4 aromatic rings. The van der Waals surface area contributed by atoms with Crippen LogP contribution in [0.4, 0.5) is 4.39 Å². The Hall–Kier alpha value is -3.73. The van der Waals surface area contributed by atoms with Crippen LogP contribution in [0, 0.1) is 5.82 Å². The largest absolute Gasteiger partial charge is 0.457 e. The number of pyridine rings is 1. The van der Waals surface area contributed by atoms with Gasteiger partial charge in [0.25, 0.3) is 5.91 Å². The first-order valence-electron chi connectivity index (χ1n) is 8.83. The molecule has 1 N–H and O–H groups in total. The van der Waals surface area contributed by atoms with Crippen molar-refractivity contribution in [2.45, 2.75) is 6.54 Å². The van der Waals surface area contributed by atoms with Gasteiger partial charge in [-0.25, -0.2) is 4.39 Å². The van der Waals surface area contributed by atoms with E-state index in [2.05, 4.69) is 10.3 Å². The van der Waals surface area contributed by atoms with E-state index in [1.165, 1.54) is 12.1 Å². The highest BCUT2D eigenvalue weighted by Crippen LogP contribution is 2.22. The molecule has 0 saturated heterocycles. The van der Waals surface area contributed by atoms with E-state index in [0.29, 0.717) is 23.6 Å². The van der Waals surface area contributed by atoms with Gasteiger partial charge < -0.3 is 10.1 Å². The molecule has 138 valence electrons. The van der Waals surface area contributed by atoms with E-state index in [1.807, 2.05) is 48.5 Å². The van der Waals surface area contributed by atoms with Crippen molar-refractivity contribution in [3.8, 4) is 11.5 Å². The fourth-order valence-corrected chi connectivity index (χ4v) is 2.86. The van der Waals surface area contributed by atoms with Crippen LogP contribution in [0.5, 0.6) is 11.5 Å². The van der Waals surface area contributed by atoms with Crippen molar-refractivity contribution < 1.29 is 13.9 Å². The maximum Gasteiger partial charge on any atom is 0.251 e. The van der Waals surface area contributed by atoms with E-state index < -0.39 is 0 Å². The molecule has 4 nitrogen and oxygen atoms in total. The molecule has 1 heterocycles. The van der Waals surface area contributed by atoms with Gasteiger partial charge in [-0.3, -0.25) is 9.78 Å². The van der Waals surface area contributed by atoms with Crippen molar-refractivity contribution >= 4 is 16.8 Å². The van der Waals surface area contributed by atoms with Gasteiger partial charge in [-0.1, -0.05) is 18.2 Å². The summed E-state index contributed by atoms with van der Waals surface area (Å²) in [5, 5.41) is 3.84. The summed E-state index contributed by atoms with van der Waals surface area (Å²) in [6, 6.07) is 22.4. The first kappa shape index (κ1) is 17.7. The van der Waals surface area contributed by atoms with Crippen molar-refractivity contribution in [3.05, 3.63) is 102 Å². The molecule has 0 bridgehead atoms. The highest BCUT2D eigenvalue weighted by Gasteiger charge is 2.07. The number of carbonyl (C=O) groups excluding carboxylic acids is 1. The number of ether oxygens (including phenoxy) is 1. The zero-order valence-corrected chi connectivity index (χ0v) is 14.9. The van der Waals surface area contributed by atoms with Crippen molar-refractivity contribution in [1.82, 2.24) is 10.3 Å². The van der Waals surface area contributed by atoms with Crippen LogP contribution in [0.15, 0.2) is 85.1 Å². The maximum absolute atomic E-state index is 13.0. The van der Waals surface area contributed by atoms with Crippen molar-refractivity contribution in [3.63, 3.8) is 0 Å². The Morgan fingerprint density at radius 3 is 2.64 bits per heavy atom. The maximum atomic E-state index is 13.0. The number of fused-ring (bicyclic) bond motifs is 1. The van der Waals surface area contributed by atoms with Gasteiger partial charge in [0.1, 0.15) is 17.3 Å². The minimum Gasteiger partial charge on any atom is -0.457 e. The molecule has 5 heteroatoms. The fraction of sp³-hybridized carbons (Fsp3) is 0.0435. The third-order valence-electron chi connectivity index (χ3n) is 4.27. The minimum absolute atomic E-state index is 0.157.